The lowest BCUT2D eigenvalue weighted by Crippen LogP contribution is -2.47. The first-order valence-corrected chi connectivity index (χ1v) is 10.1. The van der Waals surface area contributed by atoms with E-state index in [1.807, 2.05) is 18.2 Å². The van der Waals surface area contributed by atoms with Gasteiger partial charge in [0.25, 0.3) is 0 Å². The lowest BCUT2D eigenvalue weighted by Gasteiger charge is -2.38. The molecule has 1 saturated heterocycles. The summed E-state index contributed by atoms with van der Waals surface area (Å²) < 4.78 is 32.4. The summed E-state index contributed by atoms with van der Waals surface area (Å²) in [4.78, 5) is 27.6. The minimum Gasteiger partial charge on any atom is -0.381 e. The highest BCUT2D eigenvalue weighted by Gasteiger charge is 2.35. The Bertz CT molecular complexity index is 1140. The molecular weight excluding hydrogens is 428 g/mol. The number of H-pyrrole nitrogens is 1. The SMILES string of the molecule is O=C(NCC1(c2cccc(Cl)c2)CCOCC1)C(=O)Nc1c[nH]c2cc(F)c(F)cc12. The van der Waals surface area contributed by atoms with Crippen molar-refractivity contribution in [2.24, 2.45) is 0 Å². The fraction of sp³-hybridized carbons (Fsp3) is 0.273. The first-order chi connectivity index (χ1) is 14.9. The minimum atomic E-state index is -1.05. The Morgan fingerprint density at radius 1 is 1.10 bits per heavy atom. The zero-order valence-electron chi connectivity index (χ0n) is 16.4. The lowest BCUT2D eigenvalue weighted by atomic mass is 9.74. The van der Waals surface area contributed by atoms with Gasteiger partial charge >= 0.3 is 11.8 Å². The summed E-state index contributed by atoms with van der Waals surface area (Å²) in [6.07, 6.45) is 2.71. The molecule has 1 aliphatic rings. The normalized spacial score (nSPS) is 15.6. The van der Waals surface area contributed by atoms with Gasteiger partial charge in [0.15, 0.2) is 11.6 Å². The number of aromatic nitrogens is 1. The molecule has 1 fully saturated rings. The van der Waals surface area contributed by atoms with E-state index in [1.165, 1.54) is 6.20 Å². The molecule has 0 spiro atoms. The molecule has 31 heavy (non-hydrogen) atoms. The average molecular weight is 448 g/mol. The smallest absolute Gasteiger partial charge is 0.313 e. The molecule has 0 aliphatic carbocycles. The molecule has 0 atom stereocenters. The monoisotopic (exact) mass is 447 g/mol. The zero-order valence-corrected chi connectivity index (χ0v) is 17.2. The van der Waals surface area contributed by atoms with E-state index in [1.54, 1.807) is 6.07 Å². The quantitative estimate of drug-likeness (QED) is 0.530. The van der Waals surface area contributed by atoms with Gasteiger partial charge in [-0.1, -0.05) is 23.7 Å². The number of hydrogen-bond acceptors (Lipinski definition) is 3. The van der Waals surface area contributed by atoms with Crippen molar-refractivity contribution in [2.45, 2.75) is 18.3 Å². The van der Waals surface area contributed by atoms with Gasteiger partial charge < -0.3 is 20.4 Å². The van der Waals surface area contributed by atoms with Gasteiger partial charge in [-0.25, -0.2) is 8.78 Å². The summed E-state index contributed by atoms with van der Waals surface area (Å²) in [6, 6.07) is 9.38. The van der Waals surface area contributed by atoms with Gasteiger partial charge in [0.1, 0.15) is 0 Å². The molecule has 2 amide bonds. The Kier molecular flexibility index (Phi) is 5.93. The number of hydrogen-bond donors (Lipinski definition) is 3. The van der Waals surface area contributed by atoms with Crippen LogP contribution in [0.3, 0.4) is 0 Å². The van der Waals surface area contributed by atoms with Crippen LogP contribution in [0.1, 0.15) is 18.4 Å². The predicted molar refractivity (Wildman–Crippen MR) is 113 cm³/mol. The zero-order chi connectivity index (χ0) is 22.0. The van der Waals surface area contributed by atoms with E-state index in [0.29, 0.717) is 36.6 Å². The Morgan fingerprint density at radius 3 is 2.58 bits per heavy atom. The molecule has 4 rings (SSSR count). The molecule has 3 aromatic rings. The molecule has 0 radical (unpaired) electrons. The number of carbonyl (C=O) groups excluding carboxylic acids is 2. The Balaban J connectivity index is 1.47. The number of carbonyl (C=O) groups is 2. The van der Waals surface area contributed by atoms with Crippen LogP contribution in [-0.4, -0.2) is 36.6 Å². The van der Waals surface area contributed by atoms with Crippen LogP contribution in [0.5, 0.6) is 0 Å². The molecule has 0 bridgehead atoms. The molecule has 2 heterocycles. The number of halogens is 3. The van der Waals surface area contributed by atoms with Crippen LogP contribution in [0.25, 0.3) is 10.9 Å². The van der Waals surface area contributed by atoms with Crippen molar-refractivity contribution in [1.29, 1.82) is 0 Å². The van der Waals surface area contributed by atoms with Crippen molar-refractivity contribution < 1.29 is 23.1 Å². The third-order valence-corrected chi connectivity index (χ3v) is 5.89. The number of benzene rings is 2. The number of rotatable bonds is 4. The van der Waals surface area contributed by atoms with Crippen LogP contribution in [0, 0.1) is 11.6 Å². The van der Waals surface area contributed by atoms with Gasteiger partial charge in [0.05, 0.1) is 11.2 Å². The number of anilines is 1. The second-order valence-electron chi connectivity index (χ2n) is 7.55. The summed E-state index contributed by atoms with van der Waals surface area (Å²) in [5.74, 6) is -3.79. The largest absolute Gasteiger partial charge is 0.381 e. The summed E-state index contributed by atoms with van der Waals surface area (Å²) in [5.41, 5.74) is 1.06. The topological polar surface area (TPSA) is 83.2 Å². The third kappa shape index (κ3) is 4.40. The van der Waals surface area contributed by atoms with E-state index in [2.05, 4.69) is 15.6 Å². The minimum absolute atomic E-state index is 0.185. The number of nitrogens with one attached hydrogen (secondary N) is 3. The second kappa shape index (κ2) is 8.64. The maximum atomic E-state index is 13.6. The first kappa shape index (κ1) is 21.3. The highest BCUT2D eigenvalue weighted by atomic mass is 35.5. The van der Waals surface area contributed by atoms with Crippen LogP contribution >= 0.6 is 11.6 Å². The molecule has 9 heteroatoms. The van der Waals surface area contributed by atoms with E-state index in [9.17, 15) is 18.4 Å². The van der Waals surface area contributed by atoms with Crippen LogP contribution in [-0.2, 0) is 19.7 Å². The molecular formula is C22H20ClF2N3O3. The van der Waals surface area contributed by atoms with Crippen molar-refractivity contribution in [1.82, 2.24) is 10.3 Å². The Morgan fingerprint density at radius 2 is 1.84 bits per heavy atom. The van der Waals surface area contributed by atoms with Crippen LogP contribution in [0.2, 0.25) is 5.02 Å². The van der Waals surface area contributed by atoms with E-state index in [4.69, 9.17) is 16.3 Å². The third-order valence-electron chi connectivity index (χ3n) is 5.65. The predicted octanol–water partition coefficient (Wildman–Crippen LogP) is 3.90. The highest BCUT2D eigenvalue weighted by Crippen LogP contribution is 2.35. The molecule has 3 N–H and O–H groups in total. The molecule has 6 nitrogen and oxygen atoms in total. The summed E-state index contributed by atoms with van der Waals surface area (Å²) in [6.45, 7) is 1.30. The van der Waals surface area contributed by atoms with Gasteiger partial charge in [-0.05, 0) is 36.6 Å². The second-order valence-corrected chi connectivity index (χ2v) is 7.99. The van der Waals surface area contributed by atoms with Crippen molar-refractivity contribution in [3.05, 3.63) is 64.8 Å². The maximum Gasteiger partial charge on any atom is 0.313 e. The van der Waals surface area contributed by atoms with Crippen molar-refractivity contribution in [2.75, 3.05) is 25.1 Å². The number of ether oxygens (including phenoxy) is 1. The molecule has 0 unspecified atom stereocenters. The van der Waals surface area contributed by atoms with Gasteiger partial charge in [0.2, 0.25) is 0 Å². The molecule has 0 saturated carbocycles. The van der Waals surface area contributed by atoms with Gasteiger partial charge in [0, 0.05) is 47.8 Å². The van der Waals surface area contributed by atoms with Crippen molar-refractivity contribution in [3.63, 3.8) is 0 Å². The lowest BCUT2D eigenvalue weighted by molar-refractivity contribution is -0.136. The van der Waals surface area contributed by atoms with E-state index >= 15 is 0 Å². The van der Waals surface area contributed by atoms with Crippen molar-refractivity contribution >= 4 is 40.0 Å². The van der Waals surface area contributed by atoms with Gasteiger partial charge in [-0.3, -0.25) is 9.59 Å². The highest BCUT2D eigenvalue weighted by molar-refractivity contribution is 6.40. The van der Waals surface area contributed by atoms with Crippen LogP contribution in [0.15, 0.2) is 42.6 Å². The van der Waals surface area contributed by atoms with E-state index in [-0.39, 0.29) is 17.6 Å². The maximum absolute atomic E-state index is 13.6. The van der Waals surface area contributed by atoms with E-state index in [0.717, 1.165) is 17.7 Å². The van der Waals surface area contributed by atoms with Crippen molar-refractivity contribution in [3.8, 4) is 0 Å². The summed E-state index contributed by atoms with van der Waals surface area (Å²) >= 11 is 6.15. The number of amides is 2. The fourth-order valence-electron chi connectivity index (χ4n) is 3.88. The fourth-order valence-corrected chi connectivity index (χ4v) is 4.07. The summed E-state index contributed by atoms with van der Waals surface area (Å²) in [5, 5.41) is 6.00. The molecule has 2 aromatic carbocycles. The van der Waals surface area contributed by atoms with Gasteiger partial charge in [-0.15, -0.1) is 0 Å². The average Bonchev–Trinajstić information content (AvgIpc) is 3.14. The number of aromatic amines is 1. The Hall–Kier alpha value is -2.97. The summed E-state index contributed by atoms with van der Waals surface area (Å²) in [7, 11) is 0. The van der Waals surface area contributed by atoms with Crippen LogP contribution < -0.4 is 10.6 Å². The molecule has 1 aliphatic heterocycles. The van der Waals surface area contributed by atoms with Crippen LogP contribution in [0.4, 0.5) is 14.5 Å². The van der Waals surface area contributed by atoms with E-state index < -0.39 is 28.9 Å². The Labute approximate surface area is 181 Å². The first-order valence-electron chi connectivity index (χ1n) is 9.77. The molecule has 1 aromatic heterocycles. The molecule has 162 valence electrons. The standard InChI is InChI=1S/C22H20ClF2N3O3/c23-14-3-1-2-13(8-14)22(4-6-31-7-5-22)12-27-20(29)21(30)28-19-11-26-18-10-17(25)16(24)9-15(18)19/h1-3,8-11,26H,4-7,12H2,(H,27,29)(H,28,30). The van der Waals surface area contributed by atoms with Gasteiger partial charge in [-0.2, -0.15) is 0 Å². The number of fused-ring (bicyclic) bond motifs is 1.